The van der Waals surface area contributed by atoms with Gasteiger partial charge in [-0.2, -0.15) is 0 Å². The largest absolute Gasteiger partial charge is 0.508 e. The zero-order valence-corrected chi connectivity index (χ0v) is 10.3. The Balaban J connectivity index is 2.82. The summed E-state index contributed by atoms with van der Waals surface area (Å²) in [6, 6.07) is 3.31. The van der Waals surface area contributed by atoms with E-state index in [4.69, 9.17) is 4.74 Å². The maximum absolute atomic E-state index is 11.1. The summed E-state index contributed by atoms with van der Waals surface area (Å²) in [5.74, 6) is 5.64. The summed E-state index contributed by atoms with van der Waals surface area (Å²) in [4.78, 5) is 11.1. The van der Waals surface area contributed by atoms with E-state index in [0.29, 0.717) is 6.61 Å². The Morgan fingerprint density at radius 3 is 2.47 bits per heavy atom. The van der Waals surface area contributed by atoms with Crippen molar-refractivity contribution in [3.05, 3.63) is 28.8 Å². The molecule has 0 aliphatic heterocycles. The van der Waals surface area contributed by atoms with Gasteiger partial charge in [0.25, 0.3) is 0 Å². The number of esters is 1. The number of ether oxygens (including phenoxy) is 1. The van der Waals surface area contributed by atoms with Gasteiger partial charge in [0.1, 0.15) is 12.2 Å². The van der Waals surface area contributed by atoms with E-state index < -0.39 is 0 Å². The van der Waals surface area contributed by atoms with Gasteiger partial charge in [-0.1, -0.05) is 11.8 Å². The zero-order chi connectivity index (χ0) is 12.8. The van der Waals surface area contributed by atoms with Gasteiger partial charge < -0.3 is 9.84 Å². The van der Waals surface area contributed by atoms with Gasteiger partial charge in [0, 0.05) is 5.56 Å². The van der Waals surface area contributed by atoms with Gasteiger partial charge in [-0.15, -0.1) is 0 Å². The van der Waals surface area contributed by atoms with Crippen molar-refractivity contribution in [2.45, 2.75) is 27.2 Å². The van der Waals surface area contributed by atoms with Gasteiger partial charge in [-0.05, 0) is 44.0 Å². The number of aromatic hydroxyl groups is 1. The van der Waals surface area contributed by atoms with Crippen molar-refractivity contribution in [2.24, 2.45) is 0 Å². The third-order valence-electron chi connectivity index (χ3n) is 2.27. The van der Waals surface area contributed by atoms with E-state index in [1.807, 2.05) is 13.8 Å². The fraction of sp³-hybridized carbons (Fsp3) is 0.357. The summed E-state index contributed by atoms with van der Waals surface area (Å²) in [5, 5.41) is 9.38. The molecule has 17 heavy (non-hydrogen) atoms. The molecule has 1 aromatic rings. The van der Waals surface area contributed by atoms with E-state index in [9.17, 15) is 9.90 Å². The van der Waals surface area contributed by atoms with E-state index >= 15 is 0 Å². The molecular formula is C14H16O3. The first kappa shape index (κ1) is 13.1. The van der Waals surface area contributed by atoms with Crippen LogP contribution in [-0.2, 0) is 9.53 Å². The van der Waals surface area contributed by atoms with Gasteiger partial charge in [-0.3, -0.25) is 4.79 Å². The highest BCUT2D eigenvalue weighted by molar-refractivity contribution is 5.72. The average Bonchev–Trinajstić information content (AvgIpc) is 2.22. The standard InChI is InChI=1S/C14H16O3/c1-4-17-14(16)7-5-6-13-10(2)8-12(15)9-11(13)3/h8-9,15H,4,7H2,1-3H3. The second-order valence-electron chi connectivity index (χ2n) is 3.74. The summed E-state index contributed by atoms with van der Waals surface area (Å²) in [6.07, 6.45) is 0.0909. The van der Waals surface area contributed by atoms with Crippen LogP contribution in [0.5, 0.6) is 5.75 Å². The molecule has 0 radical (unpaired) electrons. The number of benzene rings is 1. The van der Waals surface area contributed by atoms with Gasteiger partial charge in [-0.25, -0.2) is 0 Å². The van der Waals surface area contributed by atoms with Crippen LogP contribution in [0.15, 0.2) is 12.1 Å². The van der Waals surface area contributed by atoms with Crippen LogP contribution < -0.4 is 0 Å². The van der Waals surface area contributed by atoms with Crippen LogP contribution in [0.3, 0.4) is 0 Å². The number of carbonyl (C=O) groups is 1. The molecule has 0 saturated carbocycles. The quantitative estimate of drug-likeness (QED) is 0.628. The molecule has 3 heteroatoms. The SMILES string of the molecule is CCOC(=O)CC#Cc1c(C)cc(O)cc1C. The van der Waals surface area contributed by atoms with Crippen molar-refractivity contribution in [1.82, 2.24) is 0 Å². The van der Waals surface area contributed by atoms with Crippen molar-refractivity contribution in [2.75, 3.05) is 6.61 Å². The van der Waals surface area contributed by atoms with Crippen LogP contribution in [0, 0.1) is 25.7 Å². The number of aryl methyl sites for hydroxylation is 2. The lowest BCUT2D eigenvalue weighted by atomic mass is 10.0. The summed E-state index contributed by atoms with van der Waals surface area (Å²) >= 11 is 0. The van der Waals surface area contributed by atoms with E-state index in [2.05, 4.69) is 11.8 Å². The normalized spacial score (nSPS) is 9.35. The lowest BCUT2D eigenvalue weighted by molar-refractivity contribution is -0.141. The zero-order valence-electron chi connectivity index (χ0n) is 10.3. The van der Waals surface area contributed by atoms with Crippen molar-refractivity contribution in [3.8, 4) is 17.6 Å². The number of phenolic OH excluding ortho intramolecular Hbond substituents is 1. The van der Waals surface area contributed by atoms with E-state index in [0.717, 1.165) is 16.7 Å². The summed E-state index contributed by atoms with van der Waals surface area (Å²) in [6.45, 7) is 5.89. The summed E-state index contributed by atoms with van der Waals surface area (Å²) in [7, 11) is 0. The van der Waals surface area contributed by atoms with Crippen molar-refractivity contribution >= 4 is 5.97 Å². The third-order valence-corrected chi connectivity index (χ3v) is 2.27. The Morgan fingerprint density at radius 1 is 1.35 bits per heavy atom. The summed E-state index contributed by atoms with van der Waals surface area (Å²) < 4.78 is 4.78. The molecule has 3 nitrogen and oxygen atoms in total. The Labute approximate surface area is 101 Å². The molecule has 0 bridgehead atoms. The van der Waals surface area contributed by atoms with E-state index in [1.54, 1.807) is 19.1 Å². The molecule has 0 spiro atoms. The van der Waals surface area contributed by atoms with Gasteiger partial charge in [0.05, 0.1) is 6.61 Å². The highest BCUT2D eigenvalue weighted by atomic mass is 16.5. The second kappa shape index (κ2) is 5.95. The maximum atomic E-state index is 11.1. The minimum Gasteiger partial charge on any atom is -0.508 e. The maximum Gasteiger partial charge on any atom is 0.317 e. The second-order valence-corrected chi connectivity index (χ2v) is 3.74. The molecule has 0 unspecified atom stereocenters. The van der Waals surface area contributed by atoms with Crippen LogP contribution in [0.4, 0.5) is 0 Å². The lowest BCUT2D eigenvalue weighted by Crippen LogP contribution is -2.01. The number of carbonyl (C=O) groups excluding carboxylic acids is 1. The minimum atomic E-state index is -0.311. The number of hydrogen-bond donors (Lipinski definition) is 1. The monoisotopic (exact) mass is 232 g/mol. The molecule has 0 saturated heterocycles. The molecule has 1 N–H and O–H groups in total. The molecule has 0 amide bonds. The molecule has 0 aliphatic rings. The molecule has 1 aromatic carbocycles. The third kappa shape index (κ3) is 3.84. The van der Waals surface area contributed by atoms with Crippen molar-refractivity contribution < 1.29 is 14.6 Å². The highest BCUT2D eigenvalue weighted by Gasteiger charge is 2.02. The van der Waals surface area contributed by atoms with Gasteiger partial charge in [0.2, 0.25) is 0 Å². The molecule has 1 rings (SSSR count). The molecule has 90 valence electrons. The van der Waals surface area contributed by atoms with E-state index in [-0.39, 0.29) is 18.1 Å². The molecule has 0 fully saturated rings. The van der Waals surface area contributed by atoms with Gasteiger partial charge >= 0.3 is 5.97 Å². The minimum absolute atomic E-state index is 0.0909. The Kier molecular flexibility index (Phi) is 4.59. The first-order valence-corrected chi connectivity index (χ1v) is 5.49. The van der Waals surface area contributed by atoms with Crippen molar-refractivity contribution in [1.29, 1.82) is 0 Å². The fourth-order valence-electron chi connectivity index (χ4n) is 1.55. The summed E-state index contributed by atoms with van der Waals surface area (Å²) in [5.41, 5.74) is 2.66. The Morgan fingerprint density at radius 2 is 1.94 bits per heavy atom. The molecule has 0 atom stereocenters. The fourth-order valence-corrected chi connectivity index (χ4v) is 1.55. The van der Waals surface area contributed by atoms with Crippen LogP contribution in [0.1, 0.15) is 30.0 Å². The Hall–Kier alpha value is -1.95. The van der Waals surface area contributed by atoms with E-state index in [1.165, 1.54) is 0 Å². The predicted octanol–water partition coefficient (Wildman–Crippen LogP) is 2.31. The van der Waals surface area contributed by atoms with Crippen LogP contribution in [-0.4, -0.2) is 17.7 Å². The first-order chi connectivity index (χ1) is 8.04. The molecule has 0 aromatic heterocycles. The first-order valence-electron chi connectivity index (χ1n) is 5.49. The van der Waals surface area contributed by atoms with Crippen LogP contribution >= 0.6 is 0 Å². The number of rotatable bonds is 2. The molecular weight excluding hydrogens is 216 g/mol. The number of hydrogen-bond acceptors (Lipinski definition) is 3. The van der Waals surface area contributed by atoms with Crippen molar-refractivity contribution in [3.63, 3.8) is 0 Å². The highest BCUT2D eigenvalue weighted by Crippen LogP contribution is 2.19. The Bertz CT molecular complexity index is 455. The smallest absolute Gasteiger partial charge is 0.317 e. The molecule has 0 aliphatic carbocycles. The van der Waals surface area contributed by atoms with Crippen LogP contribution in [0.25, 0.3) is 0 Å². The topological polar surface area (TPSA) is 46.5 Å². The van der Waals surface area contributed by atoms with Gasteiger partial charge in [0.15, 0.2) is 0 Å². The predicted molar refractivity (Wildman–Crippen MR) is 65.7 cm³/mol. The number of phenols is 1. The lowest BCUT2D eigenvalue weighted by Gasteiger charge is -2.03. The molecule has 0 heterocycles. The average molecular weight is 232 g/mol. The van der Waals surface area contributed by atoms with Crippen LogP contribution in [0.2, 0.25) is 0 Å².